The molecule has 4 heterocycles. The number of amides is 2. The van der Waals surface area contributed by atoms with Gasteiger partial charge < -0.3 is 19.1 Å². The number of aromatic nitrogens is 2. The molecule has 2 fully saturated rings. The lowest BCUT2D eigenvalue weighted by atomic mass is 9.76. The molecule has 9 heteroatoms. The summed E-state index contributed by atoms with van der Waals surface area (Å²) in [4.78, 5) is 33.9. The molecule has 4 atom stereocenters. The lowest BCUT2D eigenvalue weighted by molar-refractivity contribution is -0.139. The second-order valence-electron chi connectivity index (χ2n) is 8.18. The van der Waals surface area contributed by atoms with Gasteiger partial charge in [0.1, 0.15) is 11.4 Å². The molecule has 2 aromatic rings. The molecule has 0 radical (unpaired) electrons. The number of nitrogens with zero attached hydrogens (tertiary/aromatic N) is 4. The van der Waals surface area contributed by atoms with Gasteiger partial charge in [0.2, 0.25) is 17.7 Å². The number of rotatable bonds is 4. The van der Waals surface area contributed by atoms with E-state index in [2.05, 4.69) is 10.1 Å². The van der Waals surface area contributed by atoms with Crippen LogP contribution in [-0.2, 0) is 20.9 Å². The standard InChI is InChI=1S/C21H21FN4O4/c1-11-8-13(22)4-5-14(11)26-10-21-7-6-15(29-21)17(18(21)20(26)28)19(27)25(3)9-16-23-12(2)24-30-16/h4-8,15,17-18H,9-10H2,1-3H3/t15-,17+,18-,21-/m0/s1. The molecule has 1 spiro atoms. The zero-order valence-electron chi connectivity index (χ0n) is 16.8. The zero-order chi connectivity index (χ0) is 21.2. The molecular weight excluding hydrogens is 391 g/mol. The SMILES string of the molecule is Cc1noc(CN(C)C(=O)[C@@H]2[C@@H]3C=C[C@@]4(CN(c5ccc(F)cc5C)C(=O)[C@H]24)O3)n1. The zero-order valence-corrected chi connectivity index (χ0v) is 16.8. The van der Waals surface area contributed by atoms with Crippen molar-refractivity contribution in [2.75, 3.05) is 18.5 Å². The number of fused-ring (bicyclic) bond motifs is 1. The van der Waals surface area contributed by atoms with Gasteiger partial charge in [-0.25, -0.2) is 4.39 Å². The largest absolute Gasteiger partial charge is 0.360 e. The number of aryl methyl sites for hydroxylation is 2. The van der Waals surface area contributed by atoms with Gasteiger partial charge in [-0.1, -0.05) is 17.3 Å². The average Bonchev–Trinajstić information content (AvgIpc) is 3.43. The molecule has 1 aromatic heterocycles. The normalized spacial score (nSPS) is 29.0. The maximum Gasteiger partial charge on any atom is 0.246 e. The van der Waals surface area contributed by atoms with Gasteiger partial charge in [0.15, 0.2) is 5.82 Å². The van der Waals surface area contributed by atoms with E-state index >= 15 is 0 Å². The maximum atomic E-state index is 13.5. The van der Waals surface area contributed by atoms with E-state index in [1.54, 1.807) is 31.9 Å². The van der Waals surface area contributed by atoms with E-state index in [0.29, 0.717) is 29.5 Å². The van der Waals surface area contributed by atoms with Crippen LogP contribution in [0.3, 0.4) is 0 Å². The Morgan fingerprint density at radius 2 is 2.20 bits per heavy atom. The van der Waals surface area contributed by atoms with Crippen LogP contribution in [0.25, 0.3) is 0 Å². The molecule has 0 aliphatic carbocycles. The van der Waals surface area contributed by atoms with E-state index in [-0.39, 0.29) is 24.2 Å². The molecule has 156 valence electrons. The lowest BCUT2D eigenvalue weighted by Crippen LogP contribution is -2.44. The van der Waals surface area contributed by atoms with Crippen molar-refractivity contribution >= 4 is 17.5 Å². The molecule has 30 heavy (non-hydrogen) atoms. The number of carbonyl (C=O) groups excluding carboxylic acids is 2. The Bertz CT molecular complexity index is 1080. The molecule has 2 saturated heterocycles. The first-order valence-corrected chi connectivity index (χ1v) is 9.78. The van der Waals surface area contributed by atoms with E-state index in [0.717, 1.165) is 0 Å². The van der Waals surface area contributed by atoms with Crippen LogP contribution < -0.4 is 4.90 Å². The monoisotopic (exact) mass is 412 g/mol. The van der Waals surface area contributed by atoms with Crippen molar-refractivity contribution in [3.05, 3.63) is 53.4 Å². The third-order valence-corrected chi connectivity index (χ3v) is 6.15. The second-order valence-corrected chi connectivity index (χ2v) is 8.18. The van der Waals surface area contributed by atoms with E-state index in [1.165, 1.54) is 17.0 Å². The first kappa shape index (κ1) is 18.9. The number of benzene rings is 1. The van der Waals surface area contributed by atoms with Crippen LogP contribution in [0.1, 0.15) is 17.3 Å². The topological polar surface area (TPSA) is 88.8 Å². The van der Waals surface area contributed by atoms with Crippen molar-refractivity contribution in [1.29, 1.82) is 0 Å². The van der Waals surface area contributed by atoms with Crippen LogP contribution in [-0.4, -0.2) is 52.2 Å². The summed E-state index contributed by atoms with van der Waals surface area (Å²) in [5.41, 5.74) is 0.446. The van der Waals surface area contributed by atoms with Gasteiger partial charge in [-0.05, 0) is 37.6 Å². The van der Waals surface area contributed by atoms with E-state index in [1.807, 2.05) is 12.2 Å². The van der Waals surface area contributed by atoms with E-state index in [9.17, 15) is 14.0 Å². The highest BCUT2D eigenvalue weighted by Crippen LogP contribution is 2.53. The van der Waals surface area contributed by atoms with Gasteiger partial charge in [-0.3, -0.25) is 9.59 Å². The fourth-order valence-corrected chi connectivity index (χ4v) is 4.85. The molecule has 0 N–H and O–H groups in total. The molecule has 2 bridgehead atoms. The third-order valence-electron chi connectivity index (χ3n) is 6.15. The summed E-state index contributed by atoms with van der Waals surface area (Å²) in [6.45, 7) is 3.92. The summed E-state index contributed by atoms with van der Waals surface area (Å²) in [6, 6.07) is 4.32. The Hall–Kier alpha value is -3.07. The van der Waals surface area contributed by atoms with Crippen LogP contribution in [0, 0.1) is 31.5 Å². The first-order valence-electron chi connectivity index (χ1n) is 9.78. The molecule has 5 rings (SSSR count). The Balaban J connectivity index is 1.43. The summed E-state index contributed by atoms with van der Waals surface area (Å²) in [6.07, 6.45) is 3.30. The van der Waals surface area contributed by atoms with Crippen molar-refractivity contribution in [2.45, 2.75) is 32.1 Å². The van der Waals surface area contributed by atoms with Crippen molar-refractivity contribution in [1.82, 2.24) is 15.0 Å². The number of carbonyl (C=O) groups is 2. The number of hydrogen-bond acceptors (Lipinski definition) is 6. The average molecular weight is 412 g/mol. The van der Waals surface area contributed by atoms with Crippen molar-refractivity contribution in [3.8, 4) is 0 Å². The Morgan fingerprint density at radius 1 is 1.40 bits per heavy atom. The molecule has 0 unspecified atom stereocenters. The quantitative estimate of drug-likeness (QED) is 0.712. The number of halogens is 1. The van der Waals surface area contributed by atoms with Crippen LogP contribution in [0.2, 0.25) is 0 Å². The first-order chi connectivity index (χ1) is 14.3. The Morgan fingerprint density at radius 3 is 2.90 bits per heavy atom. The highest BCUT2D eigenvalue weighted by atomic mass is 19.1. The predicted molar refractivity (Wildman–Crippen MR) is 103 cm³/mol. The summed E-state index contributed by atoms with van der Waals surface area (Å²) in [5.74, 6) is -1.19. The number of ether oxygens (including phenoxy) is 1. The number of anilines is 1. The van der Waals surface area contributed by atoms with Gasteiger partial charge in [0.25, 0.3) is 0 Å². The van der Waals surface area contributed by atoms with Crippen LogP contribution in [0.4, 0.5) is 10.1 Å². The fraction of sp³-hybridized carbons (Fsp3) is 0.429. The summed E-state index contributed by atoms with van der Waals surface area (Å²) < 4.78 is 24.8. The minimum absolute atomic E-state index is 0.154. The van der Waals surface area contributed by atoms with Crippen molar-refractivity contribution in [2.24, 2.45) is 11.8 Å². The molecular formula is C21H21FN4O4. The smallest absolute Gasteiger partial charge is 0.246 e. The fourth-order valence-electron chi connectivity index (χ4n) is 4.85. The highest BCUT2D eigenvalue weighted by molar-refractivity contribution is 6.03. The molecule has 2 amide bonds. The van der Waals surface area contributed by atoms with Gasteiger partial charge >= 0.3 is 0 Å². The number of hydrogen-bond donors (Lipinski definition) is 0. The predicted octanol–water partition coefficient (Wildman–Crippen LogP) is 1.77. The van der Waals surface area contributed by atoms with Gasteiger partial charge in [-0.2, -0.15) is 4.98 Å². The third kappa shape index (κ3) is 2.68. The van der Waals surface area contributed by atoms with Gasteiger partial charge in [-0.15, -0.1) is 0 Å². The molecule has 1 aromatic carbocycles. The highest BCUT2D eigenvalue weighted by Gasteiger charge is 2.67. The van der Waals surface area contributed by atoms with Crippen LogP contribution >= 0.6 is 0 Å². The van der Waals surface area contributed by atoms with Gasteiger partial charge in [0.05, 0.1) is 31.0 Å². The molecule has 0 saturated carbocycles. The summed E-state index contributed by atoms with van der Waals surface area (Å²) in [7, 11) is 1.64. The minimum atomic E-state index is -0.842. The van der Waals surface area contributed by atoms with Crippen LogP contribution in [0.15, 0.2) is 34.9 Å². The molecule has 3 aliphatic rings. The second kappa shape index (κ2) is 6.46. The van der Waals surface area contributed by atoms with Gasteiger partial charge in [0, 0.05) is 12.7 Å². The Labute approximate surface area is 172 Å². The summed E-state index contributed by atoms with van der Waals surface area (Å²) >= 11 is 0. The minimum Gasteiger partial charge on any atom is -0.360 e. The Kier molecular flexibility index (Phi) is 4.08. The maximum absolute atomic E-state index is 13.5. The van der Waals surface area contributed by atoms with Crippen LogP contribution in [0.5, 0.6) is 0 Å². The molecule has 3 aliphatic heterocycles. The van der Waals surface area contributed by atoms with Crippen molar-refractivity contribution in [3.63, 3.8) is 0 Å². The molecule has 8 nitrogen and oxygen atoms in total. The summed E-state index contributed by atoms with van der Waals surface area (Å²) in [5, 5.41) is 3.74. The van der Waals surface area contributed by atoms with Crippen molar-refractivity contribution < 1.29 is 23.2 Å². The lowest BCUT2D eigenvalue weighted by Gasteiger charge is -2.27. The van der Waals surface area contributed by atoms with E-state index < -0.39 is 23.5 Å². The van der Waals surface area contributed by atoms with E-state index in [4.69, 9.17) is 9.26 Å².